The zero-order valence-corrected chi connectivity index (χ0v) is 11.6. The minimum absolute atomic E-state index is 0.0390. The van der Waals surface area contributed by atoms with Gasteiger partial charge in [0, 0.05) is 15.3 Å². The van der Waals surface area contributed by atoms with Gasteiger partial charge in [0.1, 0.15) is 0 Å². The van der Waals surface area contributed by atoms with E-state index in [4.69, 9.17) is 10.5 Å². The monoisotopic (exact) mass is 253 g/mol. The molecule has 1 aromatic carbocycles. The number of carbonyl (C=O) groups excluding carboxylic acids is 1. The Morgan fingerprint density at radius 2 is 2.06 bits per heavy atom. The average molecular weight is 253 g/mol. The number of hydrogen-bond donors (Lipinski definition) is 1. The van der Waals surface area contributed by atoms with Crippen LogP contribution >= 0.6 is 11.8 Å². The molecule has 0 saturated carbocycles. The third kappa shape index (κ3) is 4.30. The van der Waals surface area contributed by atoms with Gasteiger partial charge in [0.25, 0.3) is 0 Å². The molecule has 0 radical (unpaired) electrons. The quantitative estimate of drug-likeness (QED) is 0.510. The Labute approximate surface area is 107 Å². The molecule has 0 heterocycles. The summed E-state index contributed by atoms with van der Waals surface area (Å²) in [7, 11) is 0. The Morgan fingerprint density at radius 3 is 2.59 bits per heavy atom. The number of nitrogen functional groups attached to an aromatic ring is 1. The summed E-state index contributed by atoms with van der Waals surface area (Å²) >= 11 is 1.63. The lowest BCUT2D eigenvalue weighted by molar-refractivity contribution is 0.0522. The predicted molar refractivity (Wildman–Crippen MR) is 72.4 cm³/mol. The zero-order chi connectivity index (χ0) is 13.1. The van der Waals surface area contributed by atoms with Crippen molar-refractivity contribution < 1.29 is 9.53 Å². The summed E-state index contributed by atoms with van der Waals surface area (Å²) in [6.07, 6.45) is 0. The first-order valence-electron chi connectivity index (χ1n) is 5.59. The summed E-state index contributed by atoms with van der Waals surface area (Å²) in [5.41, 5.74) is 6.83. The normalized spacial score (nSPS) is 11.3. The summed E-state index contributed by atoms with van der Waals surface area (Å²) in [4.78, 5) is 12.7. The van der Waals surface area contributed by atoms with Crippen LogP contribution in [-0.2, 0) is 4.74 Å². The Morgan fingerprint density at radius 1 is 1.41 bits per heavy atom. The maximum Gasteiger partial charge on any atom is 0.339 e. The summed E-state index contributed by atoms with van der Waals surface area (Å²) in [6, 6.07) is 5.35. The van der Waals surface area contributed by atoms with Crippen molar-refractivity contribution in [2.75, 3.05) is 12.3 Å². The van der Waals surface area contributed by atoms with Gasteiger partial charge in [-0.1, -0.05) is 20.8 Å². The number of nitrogens with two attached hydrogens (primary N) is 1. The van der Waals surface area contributed by atoms with E-state index in [9.17, 15) is 4.79 Å². The minimum atomic E-state index is -0.313. The van der Waals surface area contributed by atoms with Crippen LogP contribution in [0.1, 0.15) is 38.1 Å². The number of anilines is 1. The van der Waals surface area contributed by atoms with Crippen LogP contribution in [0.15, 0.2) is 23.1 Å². The van der Waals surface area contributed by atoms with E-state index in [0.29, 0.717) is 17.9 Å². The minimum Gasteiger partial charge on any atom is -0.462 e. The molecule has 0 spiro atoms. The Bertz CT molecular complexity index is 410. The van der Waals surface area contributed by atoms with Gasteiger partial charge in [-0.15, -0.1) is 11.8 Å². The summed E-state index contributed by atoms with van der Waals surface area (Å²) in [5, 5.41) is 0. The van der Waals surface area contributed by atoms with Crippen molar-refractivity contribution in [3.8, 4) is 0 Å². The molecular formula is C13H19NO2S. The molecule has 17 heavy (non-hydrogen) atoms. The van der Waals surface area contributed by atoms with Crippen molar-refractivity contribution in [3.63, 3.8) is 0 Å². The number of benzene rings is 1. The van der Waals surface area contributed by atoms with Gasteiger partial charge in [-0.05, 0) is 25.1 Å². The van der Waals surface area contributed by atoms with E-state index in [1.165, 1.54) is 0 Å². The maximum absolute atomic E-state index is 11.8. The van der Waals surface area contributed by atoms with Gasteiger partial charge >= 0.3 is 5.97 Å². The third-order valence-corrected chi connectivity index (χ3v) is 3.10. The highest BCUT2D eigenvalue weighted by atomic mass is 32.2. The molecule has 2 N–H and O–H groups in total. The summed E-state index contributed by atoms with van der Waals surface area (Å²) in [5.74, 6) is -0.313. The van der Waals surface area contributed by atoms with Gasteiger partial charge in [-0.3, -0.25) is 0 Å². The molecule has 0 bridgehead atoms. The molecule has 4 heteroatoms. The molecule has 0 atom stereocenters. The Balaban J connectivity index is 3.08. The van der Waals surface area contributed by atoms with Crippen LogP contribution in [0.3, 0.4) is 0 Å². The van der Waals surface area contributed by atoms with Gasteiger partial charge in [0.15, 0.2) is 0 Å². The SMILES string of the molecule is CCOC(=O)c1cc(N)ccc1SC(C)(C)C. The molecule has 94 valence electrons. The first-order chi connectivity index (χ1) is 7.83. The number of esters is 1. The van der Waals surface area contributed by atoms with Gasteiger partial charge in [-0.2, -0.15) is 0 Å². The van der Waals surface area contributed by atoms with Crippen molar-refractivity contribution in [2.24, 2.45) is 0 Å². The fraction of sp³-hybridized carbons (Fsp3) is 0.462. The lowest BCUT2D eigenvalue weighted by atomic mass is 10.2. The van der Waals surface area contributed by atoms with Gasteiger partial charge in [0.2, 0.25) is 0 Å². The molecule has 0 aliphatic carbocycles. The third-order valence-electron chi connectivity index (χ3n) is 1.92. The van der Waals surface area contributed by atoms with Crippen molar-refractivity contribution in [2.45, 2.75) is 37.3 Å². The summed E-state index contributed by atoms with van der Waals surface area (Å²) in [6.45, 7) is 8.46. The van der Waals surface area contributed by atoms with E-state index in [2.05, 4.69) is 20.8 Å². The molecule has 0 amide bonds. The highest BCUT2D eigenvalue weighted by molar-refractivity contribution is 8.00. The molecule has 0 fully saturated rings. The lowest BCUT2D eigenvalue weighted by Crippen LogP contribution is -2.11. The first kappa shape index (κ1) is 13.9. The number of thioether (sulfide) groups is 1. The van der Waals surface area contributed by atoms with Crippen LogP contribution in [0.4, 0.5) is 5.69 Å². The van der Waals surface area contributed by atoms with E-state index >= 15 is 0 Å². The largest absolute Gasteiger partial charge is 0.462 e. The molecule has 0 aromatic heterocycles. The average Bonchev–Trinajstić information content (AvgIpc) is 2.19. The van der Waals surface area contributed by atoms with Gasteiger partial charge in [0.05, 0.1) is 12.2 Å². The molecule has 0 aliphatic heterocycles. The summed E-state index contributed by atoms with van der Waals surface area (Å²) < 4.78 is 5.07. The van der Waals surface area contributed by atoms with Gasteiger partial charge in [-0.25, -0.2) is 4.79 Å². The van der Waals surface area contributed by atoms with E-state index in [1.807, 2.05) is 6.07 Å². The first-order valence-corrected chi connectivity index (χ1v) is 6.41. The Kier molecular flexibility index (Phi) is 4.46. The number of rotatable bonds is 3. The van der Waals surface area contributed by atoms with Gasteiger partial charge < -0.3 is 10.5 Å². The van der Waals surface area contributed by atoms with Crippen molar-refractivity contribution in [1.29, 1.82) is 0 Å². The highest BCUT2D eigenvalue weighted by Gasteiger charge is 2.19. The van der Waals surface area contributed by atoms with Crippen LogP contribution < -0.4 is 5.73 Å². The fourth-order valence-corrected chi connectivity index (χ4v) is 2.38. The molecule has 3 nitrogen and oxygen atoms in total. The smallest absolute Gasteiger partial charge is 0.339 e. The molecule has 1 rings (SSSR count). The molecule has 1 aromatic rings. The van der Waals surface area contributed by atoms with E-state index < -0.39 is 0 Å². The second-order valence-electron chi connectivity index (χ2n) is 4.69. The molecular weight excluding hydrogens is 234 g/mol. The topological polar surface area (TPSA) is 52.3 Å². The number of carbonyl (C=O) groups is 1. The fourth-order valence-electron chi connectivity index (χ4n) is 1.33. The highest BCUT2D eigenvalue weighted by Crippen LogP contribution is 2.35. The number of ether oxygens (including phenoxy) is 1. The second-order valence-corrected chi connectivity index (χ2v) is 6.56. The lowest BCUT2D eigenvalue weighted by Gasteiger charge is -2.19. The van der Waals surface area contributed by atoms with E-state index in [1.54, 1.807) is 30.8 Å². The number of hydrogen-bond acceptors (Lipinski definition) is 4. The standard InChI is InChI=1S/C13H19NO2S/c1-5-16-12(15)10-8-9(14)6-7-11(10)17-13(2,3)4/h6-8H,5,14H2,1-4H3. The second kappa shape index (κ2) is 5.45. The maximum atomic E-state index is 11.8. The van der Waals surface area contributed by atoms with Crippen LogP contribution in [-0.4, -0.2) is 17.3 Å². The molecule has 0 saturated heterocycles. The van der Waals surface area contributed by atoms with Crippen molar-refractivity contribution >= 4 is 23.4 Å². The van der Waals surface area contributed by atoms with E-state index in [0.717, 1.165) is 4.90 Å². The van der Waals surface area contributed by atoms with Crippen molar-refractivity contribution in [1.82, 2.24) is 0 Å². The van der Waals surface area contributed by atoms with E-state index in [-0.39, 0.29) is 10.7 Å². The Hall–Kier alpha value is -1.16. The zero-order valence-electron chi connectivity index (χ0n) is 10.7. The molecule has 0 unspecified atom stereocenters. The molecule has 0 aliphatic rings. The van der Waals surface area contributed by atoms with Crippen LogP contribution in [0.2, 0.25) is 0 Å². The van der Waals surface area contributed by atoms with Crippen LogP contribution in [0, 0.1) is 0 Å². The van der Waals surface area contributed by atoms with Crippen LogP contribution in [0.5, 0.6) is 0 Å². The van der Waals surface area contributed by atoms with Crippen LogP contribution in [0.25, 0.3) is 0 Å². The van der Waals surface area contributed by atoms with Crippen molar-refractivity contribution in [3.05, 3.63) is 23.8 Å². The predicted octanol–water partition coefficient (Wildman–Crippen LogP) is 3.34.